The number of benzene rings is 2. The molecular weight excluding hydrogens is 322 g/mol. The predicted octanol–water partition coefficient (Wildman–Crippen LogP) is 4.79. The van der Waals surface area contributed by atoms with Gasteiger partial charge in [0.15, 0.2) is 0 Å². The fourth-order valence-corrected chi connectivity index (χ4v) is 3.69. The molecule has 0 bridgehead atoms. The van der Waals surface area contributed by atoms with Crippen LogP contribution in [0, 0.1) is 5.92 Å². The Hall–Kier alpha value is -2.13. The zero-order valence-corrected chi connectivity index (χ0v) is 16.3. The number of carbonyl (C=O) groups excluding carboxylic acids is 1. The van der Waals surface area contributed by atoms with Gasteiger partial charge in [0.25, 0.3) is 0 Å². The second kappa shape index (κ2) is 9.54. The van der Waals surface area contributed by atoms with Gasteiger partial charge < -0.3 is 10.0 Å². The summed E-state index contributed by atoms with van der Waals surface area (Å²) in [4.78, 5) is 15.0. The van der Waals surface area contributed by atoms with Crippen LogP contribution >= 0.6 is 0 Å². The molecule has 0 saturated heterocycles. The molecule has 0 aliphatic heterocycles. The number of carbonyl (C=O) groups is 1. The lowest BCUT2D eigenvalue weighted by atomic mass is 9.81. The molecule has 0 saturated carbocycles. The van der Waals surface area contributed by atoms with Crippen LogP contribution in [-0.2, 0) is 4.79 Å². The molecule has 0 aliphatic carbocycles. The van der Waals surface area contributed by atoms with Crippen LogP contribution in [0.15, 0.2) is 60.7 Å². The van der Waals surface area contributed by atoms with Gasteiger partial charge in [0.05, 0.1) is 12.1 Å². The molecule has 140 valence electrons. The third-order valence-corrected chi connectivity index (χ3v) is 5.47. The number of hydrogen-bond donors (Lipinski definition) is 1. The summed E-state index contributed by atoms with van der Waals surface area (Å²) in [5.41, 5.74) is 2.04. The molecule has 0 spiro atoms. The maximum atomic E-state index is 13.2. The van der Waals surface area contributed by atoms with Gasteiger partial charge in [-0.3, -0.25) is 4.79 Å². The molecule has 2 rings (SSSR count). The number of hydrogen-bond acceptors (Lipinski definition) is 2. The van der Waals surface area contributed by atoms with E-state index < -0.39 is 6.10 Å². The van der Waals surface area contributed by atoms with Gasteiger partial charge in [-0.2, -0.15) is 0 Å². The number of aliphatic hydroxyl groups excluding tert-OH is 1. The Morgan fingerprint density at radius 3 is 1.88 bits per heavy atom. The zero-order valence-electron chi connectivity index (χ0n) is 16.3. The second-order valence-electron chi connectivity index (χ2n) is 6.99. The standard InChI is InChI=1S/C23H31NO2/c1-5-20(18-13-9-7-10-14-18)21(6-2)23(26)24(4)17(3)22(25)19-15-11-8-12-16-19/h7-17,20-22,25H,5-6H2,1-4H3/t17-,20-,21-,22+/m0/s1. The lowest BCUT2D eigenvalue weighted by Crippen LogP contribution is -2.43. The van der Waals surface area contributed by atoms with Crippen LogP contribution < -0.4 is 0 Å². The van der Waals surface area contributed by atoms with E-state index in [0.29, 0.717) is 0 Å². The summed E-state index contributed by atoms with van der Waals surface area (Å²) in [5.74, 6) is 0.209. The third kappa shape index (κ3) is 4.53. The summed E-state index contributed by atoms with van der Waals surface area (Å²) < 4.78 is 0. The van der Waals surface area contributed by atoms with E-state index in [1.165, 1.54) is 5.56 Å². The number of likely N-dealkylation sites (N-methyl/N-ethyl adjacent to an activating group) is 1. The summed E-state index contributed by atoms with van der Waals surface area (Å²) >= 11 is 0. The maximum absolute atomic E-state index is 13.2. The Balaban J connectivity index is 2.18. The first-order valence-corrected chi connectivity index (χ1v) is 9.55. The molecule has 0 unspecified atom stereocenters. The second-order valence-corrected chi connectivity index (χ2v) is 6.99. The van der Waals surface area contributed by atoms with E-state index in [1.54, 1.807) is 11.9 Å². The van der Waals surface area contributed by atoms with Crippen molar-refractivity contribution in [1.82, 2.24) is 4.90 Å². The van der Waals surface area contributed by atoms with Gasteiger partial charge in [0.2, 0.25) is 5.91 Å². The number of aliphatic hydroxyl groups is 1. The van der Waals surface area contributed by atoms with Gasteiger partial charge in [-0.25, -0.2) is 0 Å². The molecule has 0 heterocycles. The van der Waals surface area contributed by atoms with Crippen LogP contribution in [0.4, 0.5) is 0 Å². The van der Waals surface area contributed by atoms with E-state index in [2.05, 4.69) is 26.0 Å². The van der Waals surface area contributed by atoms with Crippen LogP contribution in [-0.4, -0.2) is 29.0 Å². The van der Waals surface area contributed by atoms with Crippen molar-refractivity contribution in [1.29, 1.82) is 0 Å². The molecule has 3 nitrogen and oxygen atoms in total. The molecule has 0 aromatic heterocycles. The quantitative estimate of drug-likeness (QED) is 0.741. The summed E-state index contributed by atoms with van der Waals surface area (Å²) in [6, 6.07) is 19.5. The van der Waals surface area contributed by atoms with Gasteiger partial charge in [-0.15, -0.1) is 0 Å². The fraction of sp³-hybridized carbons (Fsp3) is 0.435. The largest absolute Gasteiger partial charge is 0.386 e. The first-order valence-electron chi connectivity index (χ1n) is 9.55. The smallest absolute Gasteiger partial charge is 0.226 e. The van der Waals surface area contributed by atoms with Crippen LogP contribution in [0.5, 0.6) is 0 Å². The molecule has 4 atom stereocenters. The van der Waals surface area contributed by atoms with Crippen molar-refractivity contribution < 1.29 is 9.90 Å². The van der Waals surface area contributed by atoms with E-state index in [0.717, 1.165) is 18.4 Å². The van der Waals surface area contributed by atoms with Crippen molar-refractivity contribution in [2.45, 2.75) is 51.7 Å². The summed E-state index contributed by atoms with van der Waals surface area (Å²) in [7, 11) is 1.81. The highest BCUT2D eigenvalue weighted by Crippen LogP contribution is 2.33. The fourth-order valence-electron chi connectivity index (χ4n) is 3.69. The highest BCUT2D eigenvalue weighted by Gasteiger charge is 2.32. The monoisotopic (exact) mass is 353 g/mol. The van der Waals surface area contributed by atoms with Crippen molar-refractivity contribution in [3.05, 3.63) is 71.8 Å². The Bertz CT molecular complexity index is 671. The molecule has 1 N–H and O–H groups in total. The predicted molar refractivity (Wildman–Crippen MR) is 107 cm³/mol. The Morgan fingerprint density at radius 1 is 0.923 bits per heavy atom. The molecule has 26 heavy (non-hydrogen) atoms. The van der Waals surface area contributed by atoms with Gasteiger partial charge in [0.1, 0.15) is 0 Å². The molecular formula is C23H31NO2. The van der Waals surface area contributed by atoms with Crippen LogP contribution in [0.2, 0.25) is 0 Å². The van der Waals surface area contributed by atoms with Gasteiger partial charge in [0, 0.05) is 13.0 Å². The first kappa shape index (κ1) is 20.2. The molecule has 2 aromatic carbocycles. The highest BCUT2D eigenvalue weighted by molar-refractivity contribution is 5.80. The van der Waals surface area contributed by atoms with Crippen molar-refractivity contribution in [3.63, 3.8) is 0 Å². The average molecular weight is 354 g/mol. The number of rotatable bonds is 8. The average Bonchev–Trinajstić information content (AvgIpc) is 2.71. The minimum atomic E-state index is -0.695. The Morgan fingerprint density at radius 2 is 1.42 bits per heavy atom. The van der Waals surface area contributed by atoms with Crippen molar-refractivity contribution in [3.8, 4) is 0 Å². The topological polar surface area (TPSA) is 40.5 Å². The lowest BCUT2D eigenvalue weighted by Gasteiger charge is -2.34. The van der Waals surface area contributed by atoms with Crippen LogP contribution in [0.25, 0.3) is 0 Å². The zero-order chi connectivity index (χ0) is 19.1. The Labute approximate surface area is 157 Å². The van der Waals surface area contributed by atoms with Crippen LogP contribution in [0.1, 0.15) is 56.8 Å². The SMILES string of the molecule is CC[C@H](C(=O)N(C)[C@@H](C)[C@@H](O)c1ccccc1)[C@@H](CC)c1ccccc1. The normalized spacial score (nSPS) is 15.7. The maximum Gasteiger partial charge on any atom is 0.226 e. The summed E-state index contributed by atoms with van der Waals surface area (Å²) in [6.07, 6.45) is 1.00. The van der Waals surface area contributed by atoms with Crippen molar-refractivity contribution in [2.24, 2.45) is 5.92 Å². The van der Waals surface area contributed by atoms with E-state index in [4.69, 9.17) is 0 Å². The molecule has 0 aliphatic rings. The van der Waals surface area contributed by atoms with Gasteiger partial charge in [-0.1, -0.05) is 74.5 Å². The van der Waals surface area contributed by atoms with Crippen LogP contribution in [0.3, 0.4) is 0 Å². The number of amides is 1. The lowest BCUT2D eigenvalue weighted by molar-refractivity contribution is -0.139. The summed E-state index contributed by atoms with van der Waals surface area (Å²) in [5, 5.41) is 10.7. The molecule has 2 aromatic rings. The van der Waals surface area contributed by atoms with Gasteiger partial charge in [-0.05, 0) is 36.8 Å². The van der Waals surface area contributed by atoms with E-state index in [9.17, 15) is 9.90 Å². The Kier molecular flexibility index (Phi) is 7.40. The molecule has 1 amide bonds. The molecule has 3 heteroatoms. The minimum absolute atomic E-state index is 0.0853. The summed E-state index contributed by atoms with van der Waals surface area (Å²) in [6.45, 7) is 6.11. The van der Waals surface area contributed by atoms with Gasteiger partial charge >= 0.3 is 0 Å². The first-order chi connectivity index (χ1) is 12.5. The van der Waals surface area contributed by atoms with Crippen molar-refractivity contribution in [2.75, 3.05) is 7.05 Å². The van der Waals surface area contributed by atoms with E-state index >= 15 is 0 Å². The van der Waals surface area contributed by atoms with Crippen molar-refractivity contribution >= 4 is 5.91 Å². The molecule has 0 fully saturated rings. The highest BCUT2D eigenvalue weighted by atomic mass is 16.3. The molecule has 0 radical (unpaired) electrons. The third-order valence-electron chi connectivity index (χ3n) is 5.47. The van der Waals surface area contributed by atoms with E-state index in [1.807, 2.05) is 55.5 Å². The number of nitrogens with zero attached hydrogens (tertiary/aromatic N) is 1. The minimum Gasteiger partial charge on any atom is -0.386 e. The van der Waals surface area contributed by atoms with E-state index in [-0.39, 0.29) is 23.8 Å².